The Hall–Kier alpha value is -3.19. The lowest BCUT2D eigenvalue weighted by atomic mass is 9.89. The fourth-order valence-corrected chi connectivity index (χ4v) is 4.57. The first kappa shape index (κ1) is 25.9. The molecule has 0 amide bonds. The SMILES string of the molecule is C=Cc1ccc(C2CCC(CCc3ccc(-c4ccc(OCC)c(F)c4F)c(F)c3F)OC2)cc1F. The molecule has 4 rings (SSSR count). The van der Waals surface area contributed by atoms with Gasteiger partial charge in [-0.15, -0.1) is 0 Å². The van der Waals surface area contributed by atoms with Crippen LogP contribution in [-0.2, 0) is 11.2 Å². The normalized spacial score (nSPS) is 17.7. The lowest BCUT2D eigenvalue weighted by Gasteiger charge is -2.29. The van der Waals surface area contributed by atoms with Gasteiger partial charge in [-0.1, -0.05) is 36.9 Å². The highest BCUT2D eigenvalue weighted by molar-refractivity contribution is 5.66. The molecule has 2 unspecified atom stereocenters. The second-order valence-corrected chi connectivity index (χ2v) is 8.83. The lowest BCUT2D eigenvalue weighted by molar-refractivity contribution is -0.000710. The monoisotopic (exact) mass is 502 g/mol. The summed E-state index contributed by atoms with van der Waals surface area (Å²) in [6.07, 6.45) is 3.51. The third-order valence-electron chi connectivity index (χ3n) is 6.62. The van der Waals surface area contributed by atoms with Crippen LogP contribution in [0.3, 0.4) is 0 Å². The number of halogens is 5. The van der Waals surface area contributed by atoms with Crippen LogP contribution in [-0.4, -0.2) is 19.3 Å². The van der Waals surface area contributed by atoms with Gasteiger partial charge in [0.25, 0.3) is 0 Å². The van der Waals surface area contributed by atoms with Gasteiger partial charge in [0.05, 0.1) is 19.3 Å². The van der Waals surface area contributed by atoms with Gasteiger partial charge in [-0.2, -0.15) is 4.39 Å². The van der Waals surface area contributed by atoms with Gasteiger partial charge in [0.1, 0.15) is 5.82 Å². The van der Waals surface area contributed by atoms with E-state index < -0.39 is 23.3 Å². The zero-order chi connectivity index (χ0) is 25.8. The van der Waals surface area contributed by atoms with Crippen LogP contribution in [0.15, 0.2) is 49.0 Å². The molecule has 0 aromatic heterocycles. The summed E-state index contributed by atoms with van der Waals surface area (Å²) in [6, 6.07) is 10.1. The number of benzene rings is 3. The van der Waals surface area contributed by atoms with Crippen LogP contribution in [0.25, 0.3) is 17.2 Å². The molecule has 0 radical (unpaired) electrons. The topological polar surface area (TPSA) is 18.5 Å². The van der Waals surface area contributed by atoms with E-state index in [-0.39, 0.29) is 53.3 Å². The zero-order valence-corrected chi connectivity index (χ0v) is 19.9. The van der Waals surface area contributed by atoms with Crippen LogP contribution in [0, 0.1) is 29.1 Å². The molecular formula is C29H27F5O2. The van der Waals surface area contributed by atoms with Crippen LogP contribution in [0.2, 0.25) is 0 Å². The summed E-state index contributed by atoms with van der Waals surface area (Å²) in [5.74, 6) is -5.41. The summed E-state index contributed by atoms with van der Waals surface area (Å²) in [4.78, 5) is 0. The summed E-state index contributed by atoms with van der Waals surface area (Å²) in [5, 5.41) is 0. The maximum Gasteiger partial charge on any atom is 0.201 e. The standard InChI is InChI=1S/C29H27F5O2/c1-3-17-5-6-19(15-24(17)30)20-8-11-21(36-16-20)10-7-18-9-12-22(27(32)26(18)31)23-13-14-25(35-4-2)29(34)28(23)33/h3,5-6,9,12-15,20-21H,1,4,7-8,10-11,16H2,2H3. The molecule has 0 N–H and O–H groups in total. The predicted molar refractivity (Wildman–Crippen MR) is 129 cm³/mol. The van der Waals surface area contributed by atoms with Crippen molar-refractivity contribution in [2.24, 2.45) is 0 Å². The van der Waals surface area contributed by atoms with E-state index in [1.165, 1.54) is 36.4 Å². The van der Waals surface area contributed by atoms with Crippen molar-refractivity contribution >= 4 is 6.08 Å². The van der Waals surface area contributed by atoms with Gasteiger partial charge in [0.15, 0.2) is 23.2 Å². The second-order valence-electron chi connectivity index (χ2n) is 8.83. The van der Waals surface area contributed by atoms with E-state index in [9.17, 15) is 22.0 Å². The Morgan fingerprint density at radius 2 is 1.64 bits per heavy atom. The first-order chi connectivity index (χ1) is 17.3. The highest BCUT2D eigenvalue weighted by Crippen LogP contribution is 2.34. The van der Waals surface area contributed by atoms with Crippen LogP contribution < -0.4 is 4.74 Å². The molecule has 1 aliphatic rings. The molecule has 36 heavy (non-hydrogen) atoms. The van der Waals surface area contributed by atoms with Crippen LogP contribution in [0.4, 0.5) is 22.0 Å². The van der Waals surface area contributed by atoms with Gasteiger partial charge in [-0.05, 0) is 61.9 Å². The summed E-state index contributed by atoms with van der Waals surface area (Å²) in [7, 11) is 0. The molecule has 0 bridgehead atoms. The molecule has 3 aromatic carbocycles. The Bertz CT molecular complexity index is 1250. The van der Waals surface area contributed by atoms with Crippen LogP contribution >= 0.6 is 0 Å². The molecule has 2 nitrogen and oxygen atoms in total. The zero-order valence-electron chi connectivity index (χ0n) is 19.9. The van der Waals surface area contributed by atoms with Crippen molar-refractivity contribution in [2.75, 3.05) is 13.2 Å². The van der Waals surface area contributed by atoms with Crippen molar-refractivity contribution in [3.05, 3.63) is 94.8 Å². The number of aryl methyl sites for hydroxylation is 1. The number of hydrogen-bond acceptors (Lipinski definition) is 2. The van der Waals surface area contributed by atoms with E-state index in [1.54, 1.807) is 13.0 Å². The second kappa shape index (κ2) is 11.2. The molecule has 0 saturated carbocycles. The molecule has 7 heteroatoms. The summed E-state index contributed by atoms with van der Waals surface area (Å²) in [6.45, 7) is 5.76. The van der Waals surface area contributed by atoms with Crippen molar-refractivity contribution < 1.29 is 31.4 Å². The van der Waals surface area contributed by atoms with Gasteiger partial charge < -0.3 is 9.47 Å². The maximum absolute atomic E-state index is 14.8. The maximum atomic E-state index is 14.8. The Labute approximate surface area is 207 Å². The van der Waals surface area contributed by atoms with E-state index in [2.05, 4.69) is 6.58 Å². The van der Waals surface area contributed by atoms with Gasteiger partial charge in [0, 0.05) is 22.6 Å². The smallest absolute Gasteiger partial charge is 0.201 e. The van der Waals surface area contributed by atoms with E-state index in [1.807, 2.05) is 6.07 Å². The largest absolute Gasteiger partial charge is 0.491 e. The number of rotatable bonds is 8. The molecule has 1 fully saturated rings. The number of hydrogen-bond donors (Lipinski definition) is 0. The number of ether oxygens (including phenoxy) is 2. The van der Waals surface area contributed by atoms with Crippen molar-refractivity contribution in [1.82, 2.24) is 0 Å². The minimum atomic E-state index is -1.30. The first-order valence-electron chi connectivity index (χ1n) is 12.0. The molecular weight excluding hydrogens is 475 g/mol. The highest BCUT2D eigenvalue weighted by atomic mass is 19.2. The van der Waals surface area contributed by atoms with Gasteiger partial charge in [-0.25, -0.2) is 17.6 Å². The Morgan fingerprint density at radius 1 is 0.917 bits per heavy atom. The molecule has 190 valence electrons. The Balaban J connectivity index is 1.40. The fourth-order valence-electron chi connectivity index (χ4n) is 4.57. The van der Waals surface area contributed by atoms with E-state index in [0.29, 0.717) is 25.0 Å². The minimum Gasteiger partial charge on any atom is -0.491 e. The van der Waals surface area contributed by atoms with Crippen LogP contribution in [0.5, 0.6) is 5.75 Å². The lowest BCUT2D eigenvalue weighted by Crippen LogP contribution is -2.25. The highest BCUT2D eigenvalue weighted by Gasteiger charge is 2.25. The van der Waals surface area contributed by atoms with Crippen molar-refractivity contribution in [3.8, 4) is 16.9 Å². The molecule has 0 aliphatic carbocycles. The summed E-state index contributed by atoms with van der Waals surface area (Å²) < 4.78 is 83.4. The molecule has 3 aromatic rings. The summed E-state index contributed by atoms with van der Waals surface area (Å²) in [5.41, 5.74) is 0.707. The predicted octanol–water partition coefficient (Wildman–Crippen LogP) is 7.99. The van der Waals surface area contributed by atoms with Crippen LogP contribution in [0.1, 0.15) is 48.8 Å². The van der Waals surface area contributed by atoms with E-state index in [0.717, 1.165) is 12.0 Å². The van der Waals surface area contributed by atoms with Gasteiger partial charge in [-0.3, -0.25) is 0 Å². The van der Waals surface area contributed by atoms with Crippen molar-refractivity contribution in [2.45, 2.75) is 44.6 Å². The fraction of sp³-hybridized carbons (Fsp3) is 0.310. The average Bonchev–Trinajstić information content (AvgIpc) is 2.88. The molecule has 2 atom stereocenters. The third-order valence-corrected chi connectivity index (χ3v) is 6.62. The molecule has 1 saturated heterocycles. The van der Waals surface area contributed by atoms with E-state index >= 15 is 0 Å². The van der Waals surface area contributed by atoms with Crippen molar-refractivity contribution in [3.63, 3.8) is 0 Å². The van der Waals surface area contributed by atoms with Gasteiger partial charge in [0.2, 0.25) is 5.82 Å². The van der Waals surface area contributed by atoms with Gasteiger partial charge >= 0.3 is 0 Å². The molecule has 0 spiro atoms. The first-order valence-corrected chi connectivity index (χ1v) is 12.0. The average molecular weight is 503 g/mol. The Kier molecular flexibility index (Phi) is 8.09. The third kappa shape index (κ3) is 5.31. The summed E-state index contributed by atoms with van der Waals surface area (Å²) >= 11 is 0. The molecule has 1 aliphatic heterocycles. The Morgan fingerprint density at radius 3 is 2.28 bits per heavy atom. The quantitative estimate of drug-likeness (QED) is 0.291. The van der Waals surface area contributed by atoms with Crippen molar-refractivity contribution in [1.29, 1.82) is 0 Å². The minimum absolute atomic E-state index is 0.0625. The molecule has 1 heterocycles. The van der Waals surface area contributed by atoms with E-state index in [4.69, 9.17) is 9.47 Å².